The second-order valence-corrected chi connectivity index (χ2v) is 7.67. The molecule has 1 atom stereocenters. The molecule has 0 radical (unpaired) electrons. The van der Waals surface area contributed by atoms with Gasteiger partial charge in [0.2, 0.25) is 6.79 Å². The summed E-state index contributed by atoms with van der Waals surface area (Å²) in [5, 5.41) is 12.6. The SMILES string of the molecule is Oc1cc2c(cc1CN1CCc3sccc3C1c1ccccc1)OCO2. The third kappa shape index (κ3) is 2.64. The van der Waals surface area contributed by atoms with Crippen LogP contribution in [-0.2, 0) is 13.0 Å². The van der Waals surface area contributed by atoms with Gasteiger partial charge in [-0.3, -0.25) is 4.90 Å². The summed E-state index contributed by atoms with van der Waals surface area (Å²) in [6, 6.07) is 16.6. The van der Waals surface area contributed by atoms with E-state index in [0.717, 1.165) is 18.5 Å². The highest BCUT2D eigenvalue weighted by molar-refractivity contribution is 7.10. The summed E-state index contributed by atoms with van der Waals surface area (Å²) in [4.78, 5) is 3.90. The topological polar surface area (TPSA) is 41.9 Å². The van der Waals surface area contributed by atoms with Gasteiger partial charge in [-0.2, -0.15) is 0 Å². The van der Waals surface area contributed by atoms with Gasteiger partial charge in [-0.05, 0) is 35.1 Å². The molecule has 0 bridgehead atoms. The number of aromatic hydroxyl groups is 1. The van der Waals surface area contributed by atoms with E-state index in [1.807, 2.05) is 17.4 Å². The molecular formula is C21H19NO3S. The lowest BCUT2D eigenvalue weighted by Gasteiger charge is -2.36. The fourth-order valence-electron chi connectivity index (χ4n) is 3.88. The van der Waals surface area contributed by atoms with Crippen LogP contribution in [0.15, 0.2) is 53.9 Å². The molecule has 3 aromatic rings. The molecule has 2 aromatic carbocycles. The first-order valence-corrected chi connectivity index (χ1v) is 9.64. The van der Waals surface area contributed by atoms with E-state index in [0.29, 0.717) is 18.0 Å². The smallest absolute Gasteiger partial charge is 0.231 e. The van der Waals surface area contributed by atoms with E-state index in [9.17, 15) is 5.11 Å². The first kappa shape index (κ1) is 15.7. The van der Waals surface area contributed by atoms with E-state index in [-0.39, 0.29) is 18.6 Å². The Bertz CT molecular complexity index is 938. The summed E-state index contributed by atoms with van der Waals surface area (Å²) < 4.78 is 10.8. The van der Waals surface area contributed by atoms with Crippen LogP contribution in [0.2, 0.25) is 0 Å². The average Bonchev–Trinajstić information content (AvgIpc) is 3.31. The highest BCUT2D eigenvalue weighted by atomic mass is 32.1. The summed E-state index contributed by atoms with van der Waals surface area (Å²) in [6.45, 7) is 1.84. The number of hydrogen-bond acceptors (Lipinski definition) is 5. The predicted molar refractivity (Wildman–Crippen MR) is 101 cm³/mol. The number of phenolic OH excluding ortho intramolecular Hbond substituents is 1. The number of rotatable bonds is 3. The Morgan fingerprint density at radius 3 is 2.73 bits per heavy atom. The lowest BCUT2D eigenvalue weighted by Crippen LogP contribution is -2.34. The molecule has 4 nitrogen and oxygen atoms in total. The van der Waals surface area contributed by atoms with Crippen LogP contribution in [0.3, 0.4) is 0 Å². The maximum absolute atomic E-state index is 10.5. The van der Waals surface area contributed by atoms with Gasteiger partial charge in [-0.1, -0.05) is 30.3 Å². The summed E-state index contributed by atoms with van der Waals surface area (Å²) in [5.74, 6) is 1.59. The average molecular weight is 365 g/mol. The van der Waals surface area contributed by atoms with Crippen LogP contribution in [0.4, 0.5) is 0 Å². The molecule has 0 saturated heterocycles. The number of fused-ring (bicyclic) bond motifs is 2. The first-order chi connectivity index (χ1) is 12.8. The lowest BCUT2D eigenvalue weighted by molar-refractivity contribution is 0.173. The number of hydrogen-bond donors (Lipinski definition) is 1. The Hall–Kier alpha value is -2.50. The van der Waals surface area contributed by atoms with Crippen LogP contribution in [0.1, 0.15) is 27.6 Å². The maximum Gasteiger partial charge on any atom is 0.231 e. The van der Waals surface area contributed by atoms with Crippen molar-refractivity contribution in [2.24, 2.45) is 0 Å². The molecule has 5 heteroatoms. The van der Waals surface area contributed by atoms with Gasteiger partial charge in [0.15, 0.2) is 11.5 Å². The van der Waals surface area contributed by atoms with Crippen molar-refractivity contribution < 1.29 is 14.6 Å². The van der Waals surface area contributed by atoms with Gasteiger partial charge in [0.25, 0.3) is 0 Å². The van der Waals surface area contributed by atoms with Gasteiger partial charge in [-0.15, -0.1) is 11.3 Å². The number of benzene rings is 2. The van der Waals surface area contributed by atoms with Crippen LogP contribution < -0.4 is 9.47 Å². The molecule has 0 aliphatic carbocycles. The van der Waals surface area contributed by atoms with Gasteiger partial charge in [0.1, 0.15) is 5.75 Å². The predicted octanol–water partition coefficient (Wildman–Crippen LogP) is 4.33. The van der Waals surface area contributed by atoms with Crippen molar-refractivity contribution in [2.75, 3.05) is 13.3 Å². The molecule has 0 saturated carbocycles. The van der Waals surface area contributed by atoms with Crippen LogP contribution in [0.25, 0.3) is 0 Å². The summed E-state index contributed by atoms with van der Waals surface area (Å²) in [7, 11) is 0. The monoisotopic (exact) mass is 365 g/mol. The van der Waals surface area contributed by atoms with Crippen LogP contribution in [0.5, 0.6) is 17.2 Å². The fourth-order valence-corrected chi connectivity index (χ4v) is 4.79. The highest BCUT2D eigenvalue weighted by Crippen LogP contribution is 2.42. The third-order valence-corrected chi connectivity index (χ3v) is 6.12. The standard InChI is InChI=1S/C21H19NO3S/c23-17-11-19-18(24-13-25-19)10-15(17)12-22-8-6-20-16(7-9-26-20)21(22)14-4-2-1-3-5-14/h1-5,7,9-11,21,23H,6,8,12-13H2. The van der Waals surface area contributed by atoms with E-state index in [1.165, 1.54) is 16.0 Å². The third-order valence-electron chi connectivity index (χ3n) is 5.13. The lowest BCUT2D eigenvalue weighted by atomic mass is 9.92. The van der Waals surface area contributed by atoms with E-state index in [1.54, 1.807) is 6.07 Å². The molecule has 132 valence electrons. The van der Waals surface area contributed by atoms with Crippen molar-refractivity contribution >= 4 is 11.3 Å². The van der Waals surface area contributed by atoms with Crippen LogP contribution in [-0.4, -0.2) is 23.3 Å². The Balaban J connectivity index is 1.52. The molecule has 5 rings (SSSR count). The minimum absolute atomic E-state index is 0.205. The molecule has 26 heavy (non-hydrogen) atoms. The van der Waals surface area contributed by atoms with Crippen molar-refractivity contribution in [1.82, 2.24) is 4.90 Å². The van der Waals surface area contributed by atoms with E-state index in [4.69, 9.17) is 9.47 Å². The maximum atomic E-state index is 10.5. The Morgan fingerprint density at radius 2 is 1.88 bits per heavy atom. The first-order valence-electron chi connectivity index (χ1n) is 8.76. The van der Waals surface area contributed by atoms with Gasteiger partial charge in [0.05, 0.1) is 6.04 Å². The normalized spacial score (nSPS) is 18.7. The van der Waals surface area contributed by atoms with Gasteiger partial charge < -0.3 is 14.6 Å². The minimum atomic E-state index is 0.205. The Morgan fingerprint density at radius 1 is 1.08 bits per heavy atom. The Labute approximate surface area is 156 Å². The van der Waals surface area contributed by atoms with Crippen molar-refractivity contribution in [2.45, 2.75) is 19.0 Å². The van der Waals surface area contributed by atoms with Crippen LogP contribution in [0, 0.1) is 0 Å². The second-order valence-electron chi connectivity index (χ2n) is 6.67. The molecule has 1 aromatic heterocycles. The van der Waals surface area contributed by atoms with Gasteiger partial charge in [-0.25, -0.2) is 0 Å². The number of nitrogens with zero attached hydrogens (tertiary/aromatic N) is 1. The van der Waals surface area contributed by atoms with Crippen molar-refractivity contribution in [3.8, 4) is 17.2 Å². The van der Waals surface area contributed by atoms with Gasteiger partial charge in [0, 0.05) is 29.6 Å². The summed E-state index contributed by atoms with van der Waals surface area (Å²) >= 11 is 1.84. The van der Waals surface area contributed by atoms with Crippen molar-refractivity contribution in [3.63, 3.8) is 0 Å². The molecule has 0 amide bonds. The minimum Gasteiger partial charge on any atom is -0.507 e. The second kappa shape index (κ2) is 6.34. The molecule has 1 unspecified atom stereocenters. The molecular weight excluding hydrogens is 346 g/mol. The van der Waals surface area contributed by atoms with E-state index >= 15 is 0 Å². The number of phenols is 1. The zero-order valence-corrected chi connectivity index (χ0v) is 15.0. The zero-order valence-electron chi connectivity index (χ0n) is 14.2. The summed E-state index contributed by atoms with van der Waals surface area (Å²) in [5.41, 5.74) is 3.54. The van der Waals surface area contributed by atoms with Crippen molar-refractivity contribution in [1.29, 1.82) is 0 Å². The van der Waals surface area contributed by atoms with E-state index < -0.39 is 0 Å². The number of thiophene rings is 1. The quantitative estimate of drug-likeness (QED) is 0.750. The largest absolute Gasteiger partial charge is 0.507 e. The van der Waals surface area contributed by atoms with Crippen LogP contribution >= 0.6 is 11.3 Å². The molecule has 3 heterocycles. The molecule has 2 aliphatic heterocycles. The molecule has 2 aliphatic rings. The van der Waals surface area contributed by atoms with Gasteiger partial charge >= 0.3 is 0 Å². The fraction of sp³-hybridized carbons (Fsp3) is 0.238. The molecule has 0 spiro atoms. The molecule has 0 fully saturated rings. The summed E-state index contributed by atoms with van der Waals surface area (Å²) in [6.07, 6.45) is 1.04. The molecule has 1 N–H and O–H groups in total. The Kier molecular flexibility index (Phi) is 3.84. The zero-order chi connectivity index (χ0) is 17.5. The highest BCUT2D eigenvalue weighted by Gasteiger charge is 2.30. The number of ether oxygens (including phenoxy) is 2. The van der Waals surface area contributed by atoms with E-state index in [2.05, 4.69) is 46.7 Å². The van der Waals surface area contributed by atoms with Crippen molar-refractivity contribution in [3.05, 3.63) is 75.5 Å².